The van der Waals surface area contributed by atoms with Crippen molar-refractivity contribution in [2.45, 2.75) is 37.4 Å². The second-order valence-electron chi connectivity index (χ2n) is 8.51. The lowest BCUT2D eigenvalue weighted by atomic mass is 9.95. The number of benzene rings is 2. The van der Waals surface area contributed by atoms with Gasteiger partial charge in [0, 0.05) is 11.6 Å². The fraction of sp³-hybridized carbons (Fsp3) is 0.348. The van der Waals surface area contributed by atoms with Crippen LogP contribution < -0.4 is 5.32 Å². The maximum absolute atomic E-state index is 14.8. The van der Waals surface area contributed by atoms with Crippen molar-refractivity contribution in [2.75, 3.05) is 11.5 Å². The van der Waals surface area contributed by atoms with Crippen molar-refractivity contribution in [3.8, 4) is 0 Å². The molecule has 0 heterocycles. The Morgan fingerprint density at radius 2 is 1.60 bits per heavy atom. The summed E-state index contributed by atoms with van der Waals surface area (Å²) in [6.45, 7) is 0.912. The summed E-state index contributed by atoms with van der Waals surface area (Å²) in [6, 6.07) is 1.15. The fourth-order valence-electron chi connectivity index (χ4n) is 3.49. The minimum Gasteiger partial charge on any atom is -0.349 e. The van der Waals surface area contributed by atoms with Gasteiger partial charge in [-0.15, -0.1) is 0 Å². The van der Waals surface area contributed by atoms with E-state index in [1.807, 2.05) is 0 Å². The molecule has 0 aliphatic carbocycles. The van der Waals surface area contributed by atoms with Crippen molar-refractivity contribution < 1.29 is 61.5 Å². The molecular weight excluding hydrogens is 615 g/mol. The summed E-state index contributed by atoms with van der Waals surface area (Å²) in [5.41, 5.74) is -4.80. The number of alkyl halides is 9. The average Bonchev–Trinajstić information content (AvgIpc) is 2.75. The van der Waals surface area contributed by atoms with E-state index >= 15 is 0 Å². The molecule has 0 radical (unpaired) electrons. The van der Waals surface area contributed by atoms with E-state index in [-0.39, 0.29) is 12.1 Å². The van der Waals surface area contributed by atoms with Crippen molar-refractivity contribution in [3.63, 3.8) is 0 Å². The highest BCUT2D eigenvalue weighted by atomic mass is 35.5. The van der Waals surface area contributed by atoms with E-state index in [9.17, 15) is 61.5 Å². The van der Waals surface area contributed by atoms with Crippen LogP contribution in [-0.2, 0) is 16.0 Å². The lowest BCUT2D eigenvalue weighted by molar-refractivity contribution is -0.140. The van der Waals surface area contributed by atoms with Gasteiger partial charge in [-0.05, 0) is 42.8 Å². The van der Waals surface area contributed by atoms with Crippen LogP contribution in [0.2, 0.25) is 5.02 Å². The van der Waals surface area contributed by atoms with E-state index in [0.29, 0.717) is 30.3 Å². The smallest absolute Gasteiger partial charge is 0.349 e. The van der Waals surface area contributed by atoms with Gasteiger partial charge in [0.15, 0.2) is 9.84 Å². The third-order valence-corrected chi connectivity index (χ3v) is 7.14. The van der Waals surface area contributed by atoms with E-state index in [2.05, 4.69) is 0 Å². The highest BCUT2D eigenvalue weighted by molar-refractivity contribution is 7.91. The van der Waals surface area contributed by atoms with Crippen molar-refractivity contribution in [1.29, 1.82) is 0 Å². The van der Waals surface area contributed by atoms with E-state index in [0.717, 1.165) is 6.92 Å². The number of hydrogen-bond donors (Lipinski definition) is 1. The number of carbonyl (C=O) groups is 1. The van der Waals surface area contributed by atoms with Gasteiger partial charge in [0.05, 0.1) is 21.9 Å². The summed E-state index contributed by atoms with van der Waals surface area (Å²) in [5, 5.41) is 1.07. The maximum Gasteiger partial charge on any atom is 0.417 e. The van der Waals surface area contributed by atoms with Gasteiger partial charge >= 0.3 is 18.5 Å². The van der Waals surface area contributed by atoms with Gasteiger partial charge in [0.1, 0.15) is 23.3 Å². The van der Waals surface area contributed by atoms with Crippen molar-refractivity contribution >= 4 is 33.2 Å². The van der Waals surface area contributed by atoms with Crippen LogP contribution in [0.4, 0.5) is 48.3 Å². The number of hydrogen-bond acceptors (Lipinski definition) is 3. The first-order valence-electron chi connectivity index (χ1n) is 10.7. The molecule has 40 heavy (non-hydrogen) atoms. The summed E-state index contributed by atoms with van der Waals surface area (Å²) in [7, 11) is -4.81. The SMILES string of the molecule is CC(CS(=O)(=O)CC(F)(F)F)NC(=O)c1ccc(/C(F)=C/C(c2ccc(F)c(Cl)c2)C(F)(F)F)cc1C(F)(F)F. The number of nitrogens with one attached hydrogen (secondary N) is 1. The lowest BCUT2D eigenvalue weighted by Crippen LogP contribution is -2.40. The standard InChI is InChI=1S/C23H17ClF11NO3S/c1-11(9-40(38,39)10-21(27,28)29)36-20(37)14-4-2-13(6-16(14)23(33,34)35)19(26)8-15(22(30,31)32)12-3-5-18(25)17(24)7-12/h2-8,11,15H,9-10H2,1H3,(H,36,37)/b19-8-. The quantitative estimate of drug-likeness (QED) is 0.312. The highest BCUT2D eigenvalue weighted by Crippen LogP contribution is 2.40. The molecule has 0 fully saturated rings. The summed E-state index contributed by atoms with van der Waals surface area (Å²) < 4.78 is 170. The van der Waals surface area contributed by atoms with Gasteiger partial charge in [-0.1, -0.05) is 23.7 Å². The molecule has 1 amide bonds. The largest absolute Gasteiger partial charge is 0.417 e. The highest BCUT2D eigenvalue weighted by Gasteiger charge is 2.41. The normalized spacial score (nSPS) is 15.1. The van der Waals surface area contributed by atoms with E-state index in [1.54, 1.807) is 5.32 Å². The van der Waals surface area contributed by atoms with Crippen molar-refractivity contribution in [1.82, 2.24) is 5.32 Å². The van der Waals surface area contributed by atoms with Crippen molar-refractivity contribution in [3.05, 3.63) is 75.6 Å². The molecule has 0 saturated heterocycles. The van der Waals surface area contributed by atoms with Gasteiger partial charge < -0.3 is 5.32 Å². The van der Waals surface area contributed by atoms with Crippen LogP contribution in [0.5, 0.6) is 0 Å². The topological polar surface area (TPSA) is 63.2 Å². The van der Waals surface area contributed by atoms with Crippen LogP contribution in [0, 0.1) is 5.82 Å². The number of allylic oxidation sites excluding steroid dienone is 1. The molecule has 0 saturated carbocycles. The third-order valence-electron chi connectivity index (χ3n) is 5.08. The Labute approximate surface area is 224 Å². The Kier molecular flexibility index (Phi) is 9.94. The Morgan fingerprint density at radius 1 is 1.00 bits per heavy atom. The van der Waals surface area contributed by atoms with E-state index < -0.39 is 96.7 Å². The van der Waals surface area contributed by atoms with Crippen LogP contribution in [0.1, 0.15) is 39.9 Å². The van der Waals surface area contributed by atoms with Gasteiger partial charge in [-0.25, -0.2) is 17.2 Å². The molecule has 1 N–H and O–H groups in total. The van der Waals surface area contributed by atoms with E-state index in [1.165, 1.54) is 0 Å². The summed E-state index contributed by atoms with van der Waals surface area (Å²) in [6.07, 6.45) is -15.7. The van der Waals surface area contributed by atoms with E-state index in [4.69, 9.17) is 11.6 Å². The maximum atomic E-state index is 14.8. The third kappa shape index (κ3) is 9.35. The molecule has 4 nitrogen and oxygen atoms in total. The molecule has 0 spiro atoms. The van der Waals surface area contributed by atoms with Gasteiger partial charge in [-0.3, -0.25) is 4.79 Å². The Balaban J connectivity index is 2.43. The molecule has 0 aliphatic rings. The number of amides is 1. The first-order valence-corrected chi connectivity index (χ1v) is 12.9. The summed E-state index contributed by atoms with van der Waals surface area (Å²) in [4.78, 5) is 12.4. The number of halogens is 12. The molecule has 17 heteroatoms. The number of carbonyl (C=O) groups excluding carboxylic acids is 1. The number of sulfone groups is 1. The molecule has 0 aromatic heterocycles. The minimum absolute atomic E-state index is 0.0247. The summed E-state index contributed by atoms with van der Waals surface area (Å²) >= 11 is 5.48. The van der Waals surface area contributed by atoms with Gasteiger partial charge in [0.25, 0.3) is 5.91 Å². The second kappa shape index (κ2) is 11.9. The first kappa shape index (κ1) is 33.3. The Morgan fingerprint density at radius 3 is 2.10 bits per heavy atom. The fourth-order valence-corrected chi connectivity index (χ4v) is 5.14. The molecular formula is C23H17ClF11NO3S. The zero-order chi connectivity index (χ0) is 30.8. The predicted molar refractivity (Wildman–Crippen MR) is 122 cm³/mol. The molecule has 2 rings (SSSR count). The molecule has 0 aliphatic heterocycles. The van der Waals surface area contributed by atoms with Crippen molar-refractivity contribution in [2.24, 2.45) is 0 Å². The Hall–Kier alpha value is -2.88. The molecule has 0 bridgehead atoms. The zero-order valence-electron chi connectivity index (χ0n) is 19.8. The summed E-state index contributed by atoms with van der Waals surface area (Å²) in [5.74, 6) is -10.7. The van der Waals surface area contributed by atoms with Gasteiger partial charge in [0.2, 0.25) is 0 Å². The van der Waals surface area contributed by atoms with Crippen LogP contribution in [0.15, 0.2) is 42.5 Å². The van der Waals surface area contributed by atoms with Crippen LogP contribution in [-0.4, -0.2) is 44.2 Å². The predicted octanol–water partition coefficient (Wildman–Crippen LogP) is 7.25. The lowest BCUT2D eigenvalue weighted by Gasteiger charge is -2.19. The van der Waals surface area contributed by atoms with Crippen LogP contribution in [0.25, 0.3) is 5.83 Å². The monoisotopic (exact) mass is 631 g/mol. The molecule has 2 unspecified atom stereocenters. The Bertz CT molecular complexity index is 1380. The molecule has 2 aromatic rings. The zero-order valence-corrected chi connectivity index (χ0v) is 21.4. The second-order valence-corrected chi connectivity index (χ2v) is 11.0. The minimum atomic E-state index is -5.37. The molecule has 222 valence electrons. The molecule has 2 atom stereocenters. The van der Waals surface area contributed by atoms with Gasteiger partial charge in [-0.2, -0.15) is 39.5 Å². The molecule has 2 aromatic carbocycles. The van der Waals surface area contributed by atoms with Crippen LogP contribution >= 0.6 is 11.6 Å². The van der Waals surface area contributed by atoms with Crippen LogP contribution in [0.3, 0.4) is 0 Å². The average molecular weight is 632 g/mol. The number of rotatable bonds is 8. The first-order chi connectivity index (χ1) is 18.0.